The number of nitrogens with zero attached hydrogens (tertiary/aromatic N) is 1. The van der Waals surface area contributed by atoms with E-state index in [0.717, 1.165) is 60.7 Å². The van der Waals surface area contributed by atoms with Crippen LogP contribution in [0.3, 0.4) is 0 Å². The zero-order valence-electron chi connectivity index (χ0n) is 24.2. The van der Waals surface area contributed by atoms with E-state index in [2.05, 4.69) is 144 Å². The molecule has 0 radical (unpaired) electrons. The Kier molecular flexibility index (Phi) is 5.00. The number of benzene rings is 7. The third-order valence-electron chi connectivity index (χ3n) is 9.21. The van der Waals surface area contributed by atoms with E-state index in [9.17, 15) is 0 Å². The van der Waals surface area contributed by atoms with Crippen molar-refractivity contribution in [2.75, 3.05) is 0 Å². The zero-order chi connectivity index (χ0) is 29.5. The Morgan fingerprint density at radius 1 is 0.378 bits per heavy atom. The van der Waals surface area contributed by atoms with Crippen LogP contribution >= 0.6 is 0 Å². The minimum absolute atomic E-state index is 0.863. The summed E-state index contributed by atoms with van der Waals surface area (Å²) in [6.07, 6.45) is 0. The fourth-order valence-corrected chi connectivity index (χ4v) is 7.20. The quantitative estimate of drug-likeness (QED) is 0.210. The summed E-state index contributed by atoms with van der Waals surface area (Å²) in [4.78, 5) is 0. The van der Waals surface area contributed by atoms with Gasteiger partial charge in [-0.1, -0.05) is 103 Å². The summed E-state index contributed by atoms with van der Waals surface area (Å²) in [6, 6.07) is 53.6. The molecule has 0 aliphatic carbocycles. The van der Waals surface area contributed by atoms with E-state index in [1.807, 2.05) is 12.1 Å². The number of hydrogen-bond acceptors (Lipinski definition) is 2. The summed E-state index contributed by atoms with van der Waals surface area (Å²) in [5.74, 6) is 0. The maximum atomic E-state index is 6.46. The van der Waals surface area contributed by atoms with E-state index in [-0.39, 0.29) is 0 Å². The highest BCUT2D eigenvalue weighted by atomic mass is 16.3. The molecule has 0 aliphatic heterocycles. The topological polar surface area (TPSA) is 31.2 Å². The lowest BCUT2D eigenvalue weighted by Crippen LogP contribution is -1.93. The molecule has 0 amide bonds. The van der Waals surface area contributed by atoms with Crippen LogP contribution in [0.25, 0.3) is 93.6 Å². The molecular weight excluding hydrogens is 550 g/mol. The van der Waals surface area contributed by atoms with Gasteiger partial charge in [-0.3, -0.25) is 0 Å². The van der Waals surface area contributed by atoms with Gasteiger partial charge in [0.25, 0.3) is 0 Å². The predicted octanol–water partition coefficient (Wildman–Crippen LogP) is 11.9. The van der Waals surface area contributed by atoms with Gasteiger partial charge in [0, 0.05) is 43.6 Å². The second-order valence-electron chi connectivity index (χ2n) is 11.7. The average Bonchev–Trinajstić information content (AvgIpc) is 3.77. The number of fused-ring (bicyclic) bond motifs is 9. The van der Waals surface area contributed by atoms with Crippen LogP contribution in [0.5, 0.6) is 0 Å². The molecule has 0 aliphatic rings. The van der Waals surface area contributed by atoms with Crippen molar-refractivity contribution >= 4 is 65.7 Å². The summed E-state index contributed by atoms with van der Waals surface area (Å²) in [7, 11) is 0. The molecule has 3 heteroatoms. The molecule has 0 unspecified atom stereocenters. The van der Waals surface area contributed by atoms with Crippen molar-refractivity contribution in [3.8, 4) is 27.9 Å². The highest BCUT2D eigenvalue weighted by Gasteiger charge is 2.19. The van der Waals surface area contributed by atoms with Crippen molar-refractivity contribution in [3.05, 3.63) is 152 Å². The Bertz CT molecular complexity index is 2760. The van der Waals surface area contributed by atoms with Gasteiger partial charge in [-0.2, -0.15) is 0 Å². The third-order valence-corrected chi connectivity index (χ3v) is 9.21. The van der Waals surface area contributed by atoms with Crippen LogP contribution in [0, 0.1) is 0 Å². The second-order valence-corrected chi connectivity index (χ2v) is 11.7. The third kappa shape index (κ3) is 3.52. The van der Waals surface area contributed by atoms with Gasteiger partial charge in [-0.05, 0) is 65.2 Å². The molecule has 7 aromatic carbocycles. The van der Waals surface area contributed by atoms with Gasteiger partial charge in [-0.15, -0.1) is 0 Å². The molecule has 0 fully saturated rings. The van der Waals surface area contributed by atoms with Gasteiger partial charge in [0.05, 0.1) is 11.0 Å². The van der Waals surface area contributed by atoms with Gasteiger partial charge in [0.15, 0.2) is 0 Å². The lowest BCUT2D eigenvalue weighted by atomic mass is 9.97. The lowest BCUT2D eigenvalue weighted by Gasteiger charge is -2.09. The summed E-state index contributed by atoms with van der Waals surface area (Å²) < 4.78 is 15.3. The second kappa shape index (κ2) is 9.22. The first-order valence-electron chi connectivity index (χ1n) is 15.3. The zero-order valence-corrected chi connectivity index (χ0v) is 24.2. The molecule has 0 spiro atoms. The Labute approximate surface area is 258 Å². The van der Waals surface area contributed by atoms with E-state index in [0.29, 0.717) is 0 Å². The summed E-state index contributed by atoms with van der Waals surface area (Å²) in [5.41, 5.74) is 11.6. The fourth-order valence-electron chi connectivity index (χ4n) is 7.20. The Morgan fingerprint density at radius 3 is 2.02 bits per heavy atom. The predicted molar refractivity (Wildman–Crippen MR) is 186 cm³/mol. The van der Waals surface area contributed by atoms with Crippen LogP contribution < -0.4 is 0 Å². The molecule has 210 valence electrons. The normalized spacial score (nSPS) is 12.0. The molecule has 3 nitrogen and oxygen atoms in total. The Balaban J connectivity index is 1.23. The van der Waals surface area contributed by atoms with Crippen molar-refractivity contribution < 1.29 is 8.83 Å². The molecule has 3 aromatic heterocycles. The molecule has 0 saturated carbocycles. The molecule has 0 saturated heterocycles. The molecule has 0 atom stereocenters. The highest BCUT2D eigenvalue weighted by Crippen LogP contribution is 2.43. The maximum Gasteiger partial charge on any atom is 0.143 e. The highest BCUT2D eigenvalue weighted by molar-refractivity contribution is 6.18. The number of para-hydroxylation sites is 3. The van der Waals surface area contributed by atoms with E-state index in [1.165, 1.54) is 32.9 Å². The Morgan fingerprint density at radius 2 is 1.09 bits per heavy atom. The number of aromatic nitrogens is 1. The van der Waals surface area contributed by atoms with E-state index >= 15 is 0 Å². The molecule has 10 aromatic rings. The average molecular weight is 576 g/mol. The van der Waals surface area contributed by atoms with Gasteiger partial charge in [-0.25, -0.2) is 0 Å². The minimum atomic E-state index is 0.863. The molecule has 45 heavy (non-hydrogen) atoms. The minimum Gasteiger partial charge on any atom is -0.456 e. The summed E-state index contributed by atoms with van der Waals surface area (Å²) in [5, 5.41) is 6.89. The number of furan rings is 2. The van der Waals surface area contributed by atoms with E-state index in [4.69, 9.17) is 8.83 Å². The van der Waals surface area contributed by atoms with E-state index in [1.54, 1.807) is 0 Å². The molecule has 3 heterocycles. The van der Waals surface area contributed by atoms with E-state index < -0.39 is 0 Å². The molecular formula is C42H25NO2. The Hall–Kier alpha value is -6.06. The smallest absolute Gasteiger partial charge is 0.143 e. The summed E-state index contributed by atoms with van der Waals surface area (Å²) >= 11 is 0. The van der Waals surface area contributed by atoms with Crippen molar-refractivity contribution in [1.82, 2.24) is 4.57 Å². The first kappa shape index (κ1) is 24.4. The lowest BCUT2D eigenvalue weighted by molar-refractivity contribution is 0.668. The SMILES string of the molecule is c1ccc(-c2ccc3c(c2)c2ccccc2n3-c2ccc3oc4cccc(-c5cccc6c5oc5ccccc56)c4c3c2)cc1. The number of rotatable bonds is 3. The summed E-state index contributed by atoms with van der Waals surface area (Å²) in [6.45, 7) is 0. The van der Waals surface area contributed by atoms with Crippen LogP contribution in [0.4, 0.5) is 0 Å². The van der Waals surface area contributed by atoms with Crippen LogP contribution in [-0.2, 0) is 0 Å². The van der Waals surface area contributed by atoms with Crippen molar-refractivity contribution in [2.45, 2.75) is 0 Å². The first-order chi connectivity index (χ1) is 22.3. The van der Waals surface area contributed by atoms with Gasteiger partial charge in [0.2, 0.25) is 0 Å². The molecule has 0 bridgehead atoms. The number of hydrogen-bond donors (Lipinski definition) is 0. The van der Waals surface area contributed by atoms with Gasteiger partial charge >= 0.3 is 0 Å². The monoisotopic (exact) mass is 575 g/mol. The van der Waals surface area contributed by atoms with Gasteiger partial charge in [0.1, 0.15) is 22.3 Å². The van der Waals surface area contributed by atoms with Crippen molar-refractivity contribution in [1.29, 1.82) is 0 Å². The maximum absolute atomic E-state index is 6.46. The first-order valence-corrected chi connectivity index (χ1v) is 15.3. The largest absolute Gasteiger partial charge is 0.456 e. The molecule has 10 rings (SSSR count). The van der Waals surface area contributed by atoms with Crippen molar-refractivity contribution in [3.63, 3.8) is 0 Å². The van der Waals surface area contributed by atoms with Crippen LogP contribution in [-0.4, -0.2) is 4.57 Å². The standard InChI is InChI=1S/C42H25NO2/c1-2-10-26(11-3-1)27-20-22-37-34(24-27)29-12-4-6-17-36(29)43(37)28-21-23-39-35(25-28)41-31(14-9-19-40(41)44-39)33-16-8-15-32-30-13-5-7-18-38(30)45-42(32)33/h1-25H. The van der Waals surface area contributed by atoms with Crippen LogP contribution in [0.15, 0.2) is 160 Å². The van der Waals surface area contributed by atoms with Gasteiger partial charge < -0.3 is 13.4 Å². The molecule has 0 N–H and O–H groups in total. The van der Waals surface area contributed by atoms with Crippen LogP contribution in [0.2, 0.25) is 0 Å². The fraction of sp³-hybridized carbons (Fsp3) is 0. The van der Waals surface area contributed by atoms with Crippen molar-refractivity contribution in [2.24, 2.45) is 0 Å². The van der Waals surface area contributed by atoms with Crippen LogP contribution in [0.1, 0.15) is 0 Å².